The Hall–Kier alpha value is -0.770. The number of hydrogen-bond donors (Lipinski definition) is 2. The quantitative estimate of drug-likeness (QED) is 0.574. The van der Waals surface area contributed by atoms with Crippen LogP contribution in [0.25, 0.3) is 0 Å². The van der Waals surface area contributed by atoms with Crippen molar-refractivity contribution >= 4 is 6.03 Å². The van der Waals surface area contributed by atoms with E-state index in [1.165, 1.54) is 6.42 Å². The van der Waals surface area contributed by atoms with Gasteiger partial charge in [-0.15, -0.1) is 0 Å². The first-order valence-corrected chi connectivity index (χ1v) is 3.88. The first kappa shape index (κ1) is 8.33. The van der Waals surface area contributed by atoms with Crippen molar-refractivity contribution in [1.29, 1.82) is 0 Å². The highest BCUT2D eigenvalue weighted by atomic mass is 16.2. The minimum atomic E-state index is -0.0151. The van der Waals surface area contributed by atoms with Crippen molar-refractivity contribution in [3.63, 3.8) is 0 Å². The van der Waals surface area contributed by atoms with Crippen LogP contribution in [-0.4, -0.2) is 44.2 Å². The highest BCUT2D eigenvalue weighted by molar-refractivity contribution is 5.73. The van der Waals surface area contributed by atoms with E-state index in [4.69, 9.17) is 0 Å². The summed E-state index contributed by atoms with van der Waals surface area (Å²) in [4.78, 5) is 12.5. The van der Waals surface area contributed by atoms with Crippen LogP contribution in [0, 0.1) is 0 Å². The van der Waals surface area contributed by atoms with Gasteiger partial charge in [0.25, 0.3) is 0 Å². The molecule has 1 atom stereocenters. The Morgan fingerprint density at radius 3 is 2.73 bits per heavy atom. The fourth-order valence-corrected chi connectivity index (χ4v) is 0.891. The van der Waals surface area contributed by atoms with Crippen molar-refractivity contribution < 1.29 is 4.79 Å². The number of hydrogen-bond acceptors (Lipinski definition) is 2. The van der Waals surface area contributed by atoms with Crippen molar-refractivity contribution in [3.8, 4) is 0 Å². The summed E-state index contributed by atoms with van der Waals surface area (Å²) in [6.45, 7) is 1.83. The minimum absolute atomic E-state index is 0.0151. The largest absolute Gasteiger partial charge is 0.336 e. The van der Waals surface area contributed by atoms with E-state index in [9.17, 15) is 4.79 Å². The molecule has 1 saturated heterocycles. The number of urea groups is 1. The van der Waals surface area contributed by atoms with Gasteiger partial charge in [-0.05, 0) is 13.0 Å². The predicted molar refractivity (Wildman–Crippen MR) is 43.5 cm³/mol. The average Bonchev–Trinajstić information content (AvgIpc) is 1.83. The zero-order valence-corrected chi connectivity index (χ0v) is 7.05. The summed E-state index contributed by atoms with van der Waals surface area (Å²) in [5.41, 5.74) is 0. The van der Waals surface area contributed by atoms with E-state index in [2.05, 4.69) is 10.6 Å². The topological polar surface area (TPSA) is 44.4 Å². The lowest BCUT2D eigenvalue weighted by Crippen LogP contribution is -2.51. The molecule has 0 aliphatic carbocycles. The average molecular weight is 157 g/mol. The molecule has 0 aromatic rings. The van der Waals surface area contributed by atoms with Crippen LogP contribution < -0.4 is 10.6 Å². The Bertz CT molecular complexity index is 143. The molecule has 4 nitrogen and oxygen atoms in total. The van der Waals surface area contributed by atoms with Crippen molar-refractivity contribution in [2.45, 2.75) is 12.5 Å². The summed E-state index contributed by atoms with van der Waals surface area (Å²) >= 11 is 0. The number of carbonyl (C=O) groups excluding carboxylic acids is 1. The Morgan fingerprint density at radius 1 is 1.73 bits per heavy atom. The molecule has 4 heteroatoms. The Morgan fingerprint density at radius 2 is 2.36 bits per heavy atom. The third-order valence-electron chi connectivity index (χ3n) is 1.83. The molecule has 0 aromatic heterocycles. The number of nitrogens with one attached hydrogen (secondary N) is 2. The SMILES string of the molecule is CN(C)C(=O)NCC1CCN1. The first-order valence-electron chi connectivity index (χ1n) is 3.88. The van der Waals surface area contributed by atoms with E-state index >= 15 is 0 Å². The van der Waals surface area contributed by atoms with Gasteiger partial charge in [-0.2, -0.15) is 0 Å². The maximum absolute atomic E-state index is 11.0. The van der Waals surface area contributed by atoms with Crippen LogP contribution in [0.1, 0.15) is 6.42 Å². The molecule has 1 heterocycles. The molecule has 0 saturated carbocycles. The van der Waals surface area contributed by atoms with Crippen LogP contribution in [0.2, 0.25) is 0 Å². The van der Waals surface area contributed by atoms with Crippen molar-refractivity contribution in [2.24, 2.45) is 0 Å². The second kappa shape index (κ2) is 3.57. The van der Waals surface area contributed by atoms with Crippen LogP contribution >= 0.6 is 0 Å². The zero-order chi connectivity index (χ0) is 8.27. The van der Waals surface area contributed by atoms with Crippen LogP contribution in [0.4, 0.5) is 4.79 Å². The molecule has 1 aliphatic rings. The van der Waals surface area contributed by atoms with Crippen LogP contribution in [0.3, 0.4) is 0 Å². The molecule has 0 radical (unpaired) electrons. The van der Waals surface area contributed by atoms with Gasteiger partial charge in [0.2, 0.25) is 0 Å². The highest BCUT2D eigenvalue weighted by Crippen LogP contribution is 1.98. The van der Waals surface area contributed by atoms with Crippen LogP contribution in [-0.2, 0) is 0 Å². The second-order valence-electron chi connectivity index (χ2n) is 3.02. The Balaban J connectivity index is 2.06. The molecule has 0 bridgehead atoms. The second-order valence-corrected chi connectivity index (χ2v) is 3.02. The number of nitrogens with zero attached hydrogens (tertiary/aromatic N) is 1. The maximum atomic E-state index is 11.0. The molecular weight excluding hydrogens is 142 g/mol. The molecule has 0 spiro atoms. The molecule has 11 heavy (non-hydrogen) atoms. The summed E-state index contributed by atoms with van der Waals surface area (Å²) < 4.78 is 0. The third kappa shape index (κ3) is 2.38. The fourth-order valence-electron chi connectivity index (χ4n) is 0.891. The molecule has 2 amide bonds. The standard InChI is InChI=1S/C7H15N3O/c1-10(2)7(11)9-5-6-3-4-8-6/h6,8H,3-5H2,1-2H3,(H,9,11). The summed E-state index contributed by atoms with van der Waals surface area (Å²) in [6, 6.07) is 0.484. The Kier molecular flexibility index (Phi) is 2.70. The number of amides is 2. The van der Waals surface area contributed by atoms with E-state index < -0.39 is 0 Å². The minimum Gasteiger partial charge on any atom is -0.336 e. The predicted octanol–water partition coefficient (Wildman–Crippen LogP) is -0.381. The van der Waals surface area contributed by atoms with E-state index in [1.807, 2.05) is 0 Å². The number of rotatable bonds is 2. The lowest BCUT2D eigenvalue weighted by atomic mass is 10.1. The van der Waals surface area contributed by atoms with Crippen molar-refractivity contribution in [1.82, 2.24) is 15.5 Å². The van der Waals surface area contributed by atoms with E-state index in [1.54, 1.807) is 19.0 Å². The lowest BCUT2D eigenvalue weighted by molar-refractivity contribution is 0.213. The molecule has 1 rings (SSSR count). The third-order valence-corrected chi connectivity index (χ3v) is 1.83. The van der Waals surface area contributed by atoms with Gasteiger partial charge in [-0.1, -0.05) is 0 Å². The number of carbonyl (C=O) groups is 1. The molecular formula is C7H15N3O. The molecule has 64 valence electrons. The zero-order valence-electron chi connectivity index (χ0n) is 7.05. The van der Waals surface area contributed by atoms with Crippen LogP contribution in [0.5, 0.6) is 0 Å². The normalized spacial score (nSPS) is 22.2. The van der Waals surface area contributed by atoms with Gasteiger partial charge in [0.05, 0.1) is 0 Å². The smallest absolute Gasteiger partial charge is 0.316 e. The van der Waals surface area contributed by atoms with Gasteiger partial charge >= 0.3 is 6.03 Å². The fraction of sp³-hybridized carbons (Fsp3) is 0.857. The van der Waals surface area contributed by atoms with Crippen LogP contribution in [0.15, 0.2) is 0 Å². The maximum Gasteiger partial charge on any atom is 0.316 e. The highest BCUT2D eigenvalue weighted by Gasteiger charge is 2.16. The molecule has 1 aliphatic heterocycles. The monoisotopic (exact) mass is 157 g/mol. The van der Waals surface area contributed by atoms with E-state index in [0.29, 0.717) is 6.04 Å². The molecule has 1 unspecified atom stereocenters. The summed E-state index contributed by atoms with van der Waals surface area (Å²) in [5.74, 6) is 0. The van der Waals surface area contributed by atoms with Gasteiger partial charge in [0, 0.05) is 26.7 Å². The van der Waals surface area contributed by atoms with Crippen molar-refractivity contribution in [2.75, 3.05) is 27.2 Å². The lowest BCUT2D eigenvalue weighted by Gasteiger charge is -2.28. The molecule has 2 N–H and O–H groups in total. The Labute approximate surface area is 66.9 Å². The molecule has 1 fully saturated rings. The van der Waals surface area contributed by atoms with Gasteiger partial charge in [0.1, 0.15) is 0 Å². The molecule has 0 aromatic carbocycles. The van der Waals surface area contributed by atoms with Crippen molar-refractivity contribution in [3.05, 3.63) is 0 Å². The first-order chi connectivity index (χ1) is 5.20. The van der Waals surface area contributed by atoms with Gasteiger partial charge in [-0.3, -0.25) is 0 Å². The summed E-state index contributed by atoms with van der Waals surface area (Å²) in [5, 5.41) is 6.02. The summed E-state index contributed by atoms with van der Waals surface area (Å²) in [6.07, 6.45) is 1.17. The van der Waals surface area contributed by atoms with Gasteiger partial charge in [0.15, 0.2) is 0 Å². The van der Waals surface area contributed by atoms with E-state index in [-0.39, 0.29) is 6.03 Å². The van der Waals surface area contributed by atoms with E-state index in [0.717, 1.165) is 13.1 Å². The van der Waals surface area contributed by atoms with Gasteiger partial charge in [-0.25, -0.2) is 4.79 Å². The summed E-state index contributed by atoms with van der Waals surface area (Å²) in [7, 11) is 3.48. The van der Waals surface area contributed by atoms with Gasteiger partial charge < -0.3 is 15.5 Å².